The monoisotopic (exact) mass is 406 g/mol. The molecule has 2 aromatic carbocycles. The molecule has 1 atom stereocenters. The second kappa shape index (κ2) is 6.66. The van der Waals surface area contributed by atoms with Crippen molar-refractivity contribution >= 4 is 34.9 Å². The van der Waals surface area contributed by atoms with Crippen LogP contribution in [0.25, 0.3) is 5.69 Å². The number of benzene rings is 2. The van der Waals surface area contributed by atoms with Crippen molar-refractivity contribution in [2.24, 2.45) is 4.99 Å². The van der Waals surface area contributed by atoms with Crippen LogP contribution in [0.4, 0.5) is 5.82 Å². The van der Waals surface area contributed by atoms with E-state index in [2.05, 4.69) is 0 Å². The number of hydrogen-bond donors (Lipinski definition) is 0. The molecule has 138 valence electrons. The summed E-state index contributed by atoms with van der Waals surface area (Å²) < 4.78 is 1.90. The summed E-state index contributed by atoms with van der Waals surface area (Å²) in [6, 6.07) is 17.8. The van der Waals surface area contributed by atoms with E-state index in [1.807, 2.05) is 89.3 Å². The fourth-order valence-electron chi connectivity index (χ4n) is 3.73. The van der Waals surface area contributed by atoms with Gasteiger partial charge in [-0.3, -0.25) is 0 Å². The second-order valence-corrected chi connectivity index (χ2v) is 7.54. The molecule has 0 saturated heterocycles. The van der Waals surface area contributed by atoms with Crippen LogP contribution in [0.15, 0.2) is 83.0 Å². The Balaban J connectivity index is 1.77. The van der Waals surface area contributed by atoms with Gasteiger partial charge in [0.2, 0.25) is 0 Å². The highest BCUT2D eigenvalue weighted by atomic mass is 35.5. The van der Waals surface area contributed by atoms with Crippen molar-refractivity contribution in [3.63, 3.8) is 0 Å². The van der Waals surface area contributed by atoms with Gasteiger partial charge in [0.15, 0.2) is 5.82 Å². The van der Waals surface area contributed by atoms with Gasteiger partial charge in [0.1, 0.15) is 11.0 Å². The molecular formula is C22H16Cl2N4. The third-order valence-electron chi connectivity index (χ3n) is 4.98. The minimum absolute atomic E-state index is 0.133. The van der Waals surface area contributed by atoms with E-state index in [1.54, 1.807) is 0 Å². The Labute approximate surface area is 173 Å². The molecule has 1 unspecified atom stereocenters. The summed E-state index contributed by atoms with van der Waals surface area (Å²) in [5.41, 5.74) is 4.01. The number of para-hydroxylation sites is 1. The molecule has 2 aliphatic rings. The Hall–Kier alpha value is -2.82. The smallest absolute Gasteiger partial charge is 0.163 e. The van der Waals surface area contributed by atoms with Crippen molar-refractivity contribution in [2.45, 2.75) is 13.0 Å². The van der Waals surface area contributed by atoms with Crippen LogP contribution in [-0.2, 0) is 0 Å². The maximum absolute atomic E-state index is 6.61. The molecule has 4 nitrogen and oxygen atoms in total. The number of hydrogen-bond acceptors (Lipinski definition) is 3. The van der Waals surface area contributed by atoms with Crippen molar-refractivity contribution in [3.05, 3.63) is 99.8 Å². The van der Waals surface area contributed by atoms with Crippen molar-refractivity contribution in [2.75, 3.05) is 0 Å². The number of halogens is 2. The highest BCUT2D eigenvalue weighted by Crippen LogP contribution is 2.45. The third kappa shape index (κ3) is 2.68. The highest BCUT2D eigenvalue weighted by molar-refractivity contribution is 6.31. The Morgan fingerprint density at radius 3 is 2.46 bits per heavy atom. The minimum atomic E-state index is -0.133. The molecule has 0 saturated carbocycles. The van der Waals surface area contributed by atoms with Crippen molar-refractivity contribution < 1.29 is 0 Å². The summed E-state index contributed by atoms with van der Waals surface area (Å²) in [5, 5.41) is 6.13. The van der Waals surface area contributed by atoms with Crippen LogP contribution in [0.3, 0.4) is 0 Å². The molecule has 0 bridgehead atoms. The van der Waals surface area contributed by atoms with Gasteiger partial charge < -0.3 is 4.90 Å². The first-order valence-corrected chi connectivity index (χ1v) is 9.71. The van der Waals surface area contributed by atoms with E-state index in [4.69, 9.17) is 33.3 Å². The molecule has 2 aliphatic heterocycles. The highest BCUT2D eigenvalue weighted by Gasteiger charge is 2.37. The zero-order valence-corrected chi connectivity index (χ0v) is 16.6. The van der Waals surface area contributed by atoms with Crippen LogP contribution >= 0.6 is 23.2 Å². The van der Waals surface area contributed by atoms with Gasteiger partial charge in [0, 0.05) is 10.6 Å². The zero-order chi connectivity index (χ0) is 19.3. The molecule has 3 aromatic rings. The molecule has 6 heteroatoms. The molecule has 0 aliphatic carbocycles. The summed E-state index contributed by atoms with van der Waals surface area (Å²) in [6.07, 6.45) is 5.76. The Morgan fingerprint density at radius 1 is 0.964 bits per heavy atom. The van der Waals surface area contributed by atoms with Crippen LogP contribution < -0.4 is 0 Å². The normalized spacial score (nSPS) is 17.7. The number of amidine groups is 1. The van der Waals surface area contributed by atoms with Gasteiger partial charge >= 0.3 is 0 Å². The number of aliphatic imine (C=N–C) groups is 1. The van der Waals surface area contributed by atoms with Crippen LogP contribution in [0.1, 0.15) is 22.9 Å². The fourth-order valence-corrected chi connectivity index (χ4v) is 4.12. The molecule has 1 aromatic heterocycles. The lowest BCUT2D eigenvalue weighted by Gasteiger charge is -2.37. The third-order valence-corrected chi connectivity index (χ3v) is 5.54. The summed E-state index contributed by atoms with van der Waals surface area (Å²) >= 11 is 12.7. The van der Waals surface area contributed by atoms with Gasteiger partial charge in [0.25, 0.3) is 0 Å². The molecule has 5 rings (SSSR count). The first-order chi connectivity index (χ1) is 13.6. The lowest BCUT2D eigenvalue weighted by Crippen LogP contribution is -2.36. The van der Waals surface area contributed by atoms with E-state index >= 15 is 0 Å². The Morgan fingerprint density at radius 2 is 1.71 bits per heavy atom. The quantitative estimate of drug-likeness (QED) is 0.494. The molecule has 0 amide bonds. The van der Waals surface area contributed by atoms with E-state index in [0.717, 1.165) is 34.2 Å². The summed E-state index contributed by atoms with van der Waals surface area (Å²) in [4.78, 5) is 6.95. The van der Waals surface area contributed by atoms with Gasteiger partial charge in [-0.25, -0.2) is 9.67 Å². The average Bonchev–Trinajstić information content (AvgIpc) is 3.04. The van der Waals surface area contributed by atoms with Crippen LogP contribution in [0, 0.1) is 6.92 Å². The van der Waals surface area contributed by atoms with Gasteiger partial charge in [-0.15, -0.1) is 0 Å². The number of nitrogens with zero attached hydrogens (tertiary/aromatic N) is 4. The number of rotatable bonds is 2. The van der Waals surface area contributed by atoms with E-state index in [1.165, 1.54) is 0 Å². The van der Waals surface area contributed by atoms with Crippen molar-refractivity contribution in [1.29, 1.82) is 0 Å². The van der Waals surface area contributed by atoms with Gasteiger partial charge in [0.05, 0.1) is 17.4 Å². The minimum Gasteiger partial charge on any atom is -0.305 e. The predicted molar refractivity (Wildman–Crippen MR) is 114 cm³/mol. The van der Waals surface area contributed by atoms with E-state index in [9.17, 15) is 0 Å². The standard InChI is InChI=1S/C22H16Cl2N4/c1-14-20-21(15-10-12-16(23)13-11-15)27-18(24)8-5-9-19(27)25-22(20)28(26-14)17-6-3-2-4-7-17/h2-13,21H,1H3. The molecule has 28 heavy (non-hydrogen) atoms. The lowest BCUT2D eigenvalue weighted by molar-refractivity contribution is 0.450. The lowest BCUT2D eigenvalue weighted by atomic mass is 9.95. The summed E-state index contributed by atoms with van der Waals surface area (Å²) in [7, 11) is 0. The largest absolute Gasteiger partial charge is 0.305 e. The van der Waals surface area contributed by atoms with Gasteiger partial charge in [-0.2, -0.15) is 5.10 Å². The fraction of sp³-hybridized carbons (Fsp3) is 0.0909. The number of aromatic nitrogens is 2. The van der Waals surface area contributed by atoms with Crippen LogP contribution in [0.5, 0.6) is 0 Å². The van der Waals surface area contributed by atoms with Gasteiger partial charge in [-0.1, -0.05) is 59.6 Å². The molecular weight excluding hydrogens is 391 g/mol. The van der Waals surface area contributed by atoms with Crippen molar-refractivity contribution in [3.8, 4) is 5.69 Å². The number of allylic oxidation sites excluding steroid dienone is 2. The zero-order valence-electron chi connectivity index (χ0n) is 15.1. The SMILES string of the molecule is Cc1nn(-c2ccccc2)c2c1C(c1ccc(Cl)cc1)N1C(Cl)=CC=CC1=N2. The van der Waals surface area contributed by atoms with Crippen LogP contribution in [-0.4, -0.2) is 20.5 Å². The maximum atomic E-state index is 6.61. The molecule has 0 fully saturated rings. The molecule has 0 radical (unpaired) electrons. The van der Waals surface area contributed by atoms with E-state index in [0.29, 0.717) is 10.2 Å². The van der Waals surface area contributed by atoms with Crippen molar-refractivity contribution in [1.82, 2.24) is 14.7 Å². The Bertz CT molecular complexity index is 1140. The van der Waals surface area contributed by atoms with E-state index in [-0.39, 0.29) is 6.04 Å². The molecule has 3 heterocycles. The molecule has 0 N–H and O–H groups in total. The van der Waals surface area contributed by atoms with Gasteiger partial charge in [-0.05, 0) is 48.9 Å². The maximum Gasteiger partial charge on any atom is 0.163 e. The summed E-state index contributed by atoms with van der Waals surface area (Å²) in [5.74, 6) is 1.61. The average molecular weight is 407 g/mol. The first-order valence-electron chi connectivity index (χ1n) is 8.95. The number of aryl methyl sites for hydroxylation is 1. The predicted octanol–water partition coefficient (Wildman–Crippen LogP) is 5.92. The first kappa shape index (κ1) is 17.3. The second-order valence-electron chi connectivity index (χ2n) is 6.71. The van der Waals surface area contributed by atoms with E-state index < -0.39 is 0 Å². The summed E-state index contributed by atoms with van der Waals surface area (Å²) in [6.45, 7) is 2.01. The topological polar surface area (TPSA) is 33.4 Å². The Kier molecular flexibility index (Phi) is 4.11. The number of fused-ring (bicyclic) bond motifs is 2. The molecule has 0 spiro atoms. The van der Waals surface area contributed by atoms with Crippen LogP contribution in [0.2, 0.25) is 5.02 Å².